The van der Waals surface area contributed by atoms with Gasteiger partial charge in [0, 0.05) is 18.7 Å². The average molecular weight is 393 g/mol. The third kappa shape index (κ3) is 5.93. The van der Waals surface area contributed by atoms with Crippen LogP contribution < -0.4 is 5.32 Å². The van der Waals surface area contributed by atoms with Crippen LogP contribution in [0.15, 0.2) is 48.5 Å². The smallest absolute Gasteiger partial charge is 0.251 e. The third-order valence-corrected chi connectivity index (χ3v) is 5.99. The van der Waals surface area contributed by atoms with Crippen molar-refractivity contribution in [2.45, 2.75) is 65.5 Å². The molecule has 3 rings (SSSR count). The lowest BCUT2D eigenvalue weighted by Crippen LogP contribution is -2.33. The van der Waals surface area contributed by atoms with Crippen molar-refractivity contribution in [1.82, 2.24) is 10.2 Å². The number of amides is 1. The highest BCUT2D eigenvalue weighted by atomic mass is 16.1. The van der Waals surface area contributed by atoms with Gasteiger partial charge in [-0.25, -0.2) is 0 Å². The maximum atomic E-state index is 12.7. The Morgan fingerprint density at radius 3 is 2.34 bits per heavy atom. The monoisotopic (exact) mass is 392 g/mol. The number of nitrogens with one attached hydrogen (secondary N) is 1. The second-order valence-corrected chi connectivity index (χ2v) is 9.75. The van der Waals surface area contributed by atoms with Crippen molar-refractivity contribution in [2.75, 3.05) is 13.1 Å². The summed E-state index contributed by atoms with van der Waals surface area (Å²) < 4.78 is 0. The highest BCUT2D eigenvalue weighted by molar-refractivity contribution is 5.94. The van der Waals surface area contributed by atoms with E-state index in [1.54, 1.807) is 0 Å². The number of likely N-dealkylation sites (tertiary alicyclic amines) is 1. The van der Waals surface area contributed by atoms with Crippen molar-refractivity contribution in [1.29, 1.82) is 0 Å². The summed E-state index contributed by atoms with van der Waals surface area (Å²) in [5, 5.41) is 3.13. The molecule has 2 atom stereocenters. The lowest BCUT2D eigenvalue weighted by molar-refractivity contribution is 0.0940. The van der Waals surface area contributed by atoms with Gasteiger partial charge in [-0.1, -0.05) is 64.1 Å². The fourth-order valence-electron chi connectivity index (χ4n) is 4.09. The quantitative estimate of drug-likeness (QED) is 0.707. The van der Waals surface area contributed by atoms with Crippen LogP contribution in [0.1, 0.15) is 80.6 Å². The number of carbonyl (C=O) groups is 1. The van der Waals surface area contributed by atoms with Gasteiger partial charge in [-0.05, 0) is 66.5 Å². The zero-order valence-electron chi connectivity index (χ0n) is 18.7. The summed E-state index contributed by atoms with van der Waals surface area (Å²) in [7, 11) is 0. The van der Waals surface area contributed by atoms with E-state index in [0.29, 0.717) is 0 Å². The number of hydrogen-bond donors (Lipinski definition) is 1. The minimum atomic E-state index is -0.0222. The summed E-state index contributed by atoms with van der Waals surface area (Å²) in [6, 6.07) is 16.6. The largest absolute Gasteiger partial charge is 0.346 e. The lowest BCUT2D eigenvalue weighted by Gasteiger charge is -2.30. The predicted octanol–water partition coefficient (Wildman–Crippen LogP) is 5.71. The molecule has 0 saturated carbocycles. The standard InChI is InChI=1S/C26H36N2O/c1-19-7-6-16-28(17-19)18-21-8-10-23(11-9-21)25(29)27-20(2)22-12-14-24(15-13-22)26(3,4)5/h8-15,19-20H,6-7,16-18H2,1-5H3,(H,27,29)/t19-,20-/m0/s1. The lowest BCUT2D eigenvalue weighted by atomic mass is 9.86. The molecule has 1 saturated heterocycles. The van der Waals surface area contributed by atoms with Gasteiger partial charge < -0.3 is 5.32 Å². The number of piperidine rings is 1. The third-order valence-electron chi connectivity index (χ3n) is 5.99. The van der Waals surface area contributed by atoms with Crippen LogP contribution in [-0.2, 0) is 12.0 Å². The molecule has 2 aromatic carbocycles. The second-order valence-electron chi connectivity index (χ2n) is 9.75. The zero-order valence-corrected chi connectivity index (χ0v) is 18.7. The molecule has 0 spiro atoms. The van der Waals surface area contributed by atoms with Gasteiger partial charge >= 0.3 is 0 Å². The second kappa shape index (κ2) is 9.13. The van der Waals surface area contributed by atoms with Gasteiger partial charge in [0.15, 0.2) is 0 Å². The summed E-state index contributed by atoms with van der Waals surface area (Å²) in [6.45, 7) is 14.3. The van der Waals surface area contributed by atoms with Crippen molar-refractivity contribution in [2.24, 2.45) is 5.92 Å². The Morgan fingerprint density at radius 1 is 1.10 bits per heavy atom. The highest BCUT2D eigenvalue weighted by Gasteiger charge is 2.17. The fraction of sp³-hybridized carbons (Fsp3) is 0.500. The van der Waals surface area contributed by atoms with E-state index in [0.717, 1.165) is 23.6 Å². The Hall–Kier alpha value is -2.13. The van der Waals surface area contributed by atoms with E-state index in [4.69, 9.17) is 0 Å². The van der Waals surface area contributed by atoms with E-state index >= 15 is 0 Å². The minimum absolute atomic E-state index is 0.0180. The number of hydrogen-bond acceptors (Lipinski definition) is 2. The average Bonchev–Trinajstić information content (AvgIpc) is 2.68. The van der Waals surface area contributed by atoms with Crippen molar-refractivity contribution in [3.8, 4) is 0 Å². The molecule has 0 radical (unpaired) electrons. The van der Waals surface area contributed by atoms with Crippen LogP contribution in [0.2, 0.25) is 0 Å². The Labute approximate surface area is 176 Å². The molecule has 1 heterocycles. The molecule has 1 aliphatic heterocycles. The molecule has 1 fully saturated rings. The van der Waals surface area contributed by atoms with Crippen LogP contribution >= 0.6 is 0 Å². The van der Waals surface area contributed by atoms with E-state index in [1.807, 2.05) is 19.1 Å². The minimum Gasteiger partial charge on any atom is -0.346 e. The molecule has 29 heavy (non-hydrogen) atoms. The van der Waals surface area contributed by atoms with E-state index in [2.05, 4.69) is 74.3 Å². The Bertz CT molecular complexity index is 802. The summed E-state index contributed by atoms with van der Waals surface area (Å²) in [5.41, 5.74) is 4.57. The fourth-order valence-corrected chi connectivity index (χ4v) is 4.09. The van der Waals surface area contributed by atoms with Crippen LogP contribution in [0.25, 0.3) is 0 Å². The summed E-state index contributed by atoms with van der Waals surface area (Å²) in [6.07, 6.45) is 2.63. The molecule has 1 N–H and O–H groups in total. The normalized spacial score (nSPS) is 19.0. The number of benzene rings is 2. The van der Waals surface area contributed by atoms with E-state index in [9.17, 15) is 4.79 Å². The van der Waals surface area contributed by atoms with E-state index in [1.165, 1.54) is 37.1 Å². The van der Waals surface area contributed by atoms with Gasteiger partial charge in [0.1, 0.15) is 0 Å². The molecule has 2 aromatic rings. The summed E-state index contributed by atoms with van der Waals surface area (Å²) >= 11 is 0. The highest BCUT2D eigenvalue weighted by Crippen LogP contribution is 2.24. The van der Waals surface area contributed by atoms with Crippen LogP contribution in [0.5, 0.6) is 0 Å². The van der Waals surface area contributed by atoms with Crippen LogP contribution in [0, 0.1) is 5.92 Å². The molecule has 0 bridgehead atoms. The van der Waals surface area contributed by atoms with E-state index in [-0.39, 0.29) is 17.4 Å². The van der Waals surface area contributed by atoms with E-state index < -0.39 is 0 Å². The number of nitrogens with zero attached hydrogens (tertiary/aromatic N) is 1. The van der Waals surface area contributed by atoms with Crippen LogP contribution in [0.4, 0.5) is 0 Å². The molecule has 1 amide bonds. The molecular weight excluding hydrogens is 356 g/mol. The first-order valence-corrected chi connectivity index (χ1v) is 10.9. The Balaban J connectivity index is 1.57. The first-order chi connectivity index (χ1) is 13.7. The summed E-state index contributed by atoms with van der Waals surface area (Å²) in [4.78, 5) is 15.2. The molecule has 0 unspecified atom stereocenters. The van der Waals surface area contributed by atoms with Crippen molar-refractivity contribution in [3.63, 3.8) is 0 Å². The molecule has 3 nitrogen and oxygen atoms in total. The Kier molecular flexibility index (Phi) is 6.79. The first kappa shape index (κ1) is 21.6. The van der Waals surface area contributed by atoms with Crippen LogP contribution in [-0.4, -0.2) is 23.9 Å². The summed E-state index contributed by atoms with van der Waals surface area (Å²) in [5.74, 6) is 0.767. The van der Waals surface area contributed by atoms with Gasteiger partial charge in [-0.15, -0.1) is 0 Å². The van der Waals surface area contributed by atoms with Crippen molar-refractivity contribution in [3.05, 3.63) is 70.8 Å². The first-order valence-electron chi connectivity index (χ1n) is 10.9. The predicted molar refractivity (Wildman–Crippen MR) is 121 cm³/mol. The number of rotatable bonds is 5. The topological polar surface area (TPSA) is 32.3 Å². The molecule has 3 heteroatoms. The van der Waals surface area contributed by atoms with Gasteiger partial charge in [0.05, 0.1) is 6.04 Å². The molecular formula is C26H36N2O. The SMILES string of the molecule is C[C@H]1CCCN(Cc2ccc(C(=O)N[C@@H](C)c3ccc(C(C)(C)C)cc3)cc2)C1. The van der Waals surface area contributed by atoms with Gasteiger partial charge in [0.25, 0.3) is 5.91 Å². The maximum Gasteiger partial charge on any atom is 0.251 e. The zero-order chi connectivity index (χ0) is 21.0. The molecule has 0 aromatic heterocycles. The Morgan fingerprint density at radius 2 is 1.76 bits per heavy atom. The number of carbonyl (C=O) groups excluding carboxylic acids is 1. The van der Waals surface area contributed by atoms with Crippen LogP contribution in [0.3, 0.4) is 0 Å². The molecule has 156 valence electrons. The maximum absolute atomic E-state index is 12.7. The molecule has 0 aliphatic carbocycles. The van der Waals surface area contributed by atoms with Crippen molar-refractivity contribution < 1.29 is 4.79 Å². The van der Waals surface area contributed by atoms with Gasteiger partial charge in [-0.2, -0.15) is 0 Å². The van der Waals surface area contributed by atoms with Gasteiger partial charge in [0.2, 0.25) is 0 Å². The van der Waals surface area contributed by atoms with Crippen molar-refractivity contribution >= 4 is 5.91 Å². The molecule has 1 aliphatic rings. The van der Waals surface area contributed by atoms with Gasteiger partial charge in [-0.3, -0.25) is 9.69 Å².